The predicted molar refractivity (Wildman–Crippen MR) is 83.0 cm³/mol. The van der Waals surface area contributed by atoms with Crippen molar-refractivity contribution in [2.45, 2.75) is 11.3 Å². The van der Waals surface area contributed by atoms with Gasteiger partial charge in [-0.05, 0) is 12.1 Å². The van der Waals surface area contributed by atoms with E-state index in [1.807, 2.05) is 5.38 Å². The van der Waals surface area contributed by atoms with E-state index in [1.54, 1.807) is 31.4 Å². The summed E-state index contributed by atoms with van der Waals surface area (Å²) in [6.45, 7) is 0.379. The summed E-state index contributed by atoms with van der Waals surface area (Å²) in [5.74, 6) is 0. The number of nitrogens with zero attached hydrogens (tertiary/aromatic N) is 4. The van der Waals surface area contributed by atoms with Crippen LogP contribution in [0.3, 0.4) is 0 Å². The van der Waals surface area contributed by atoms with E-state index >= 15 is 0 Å². The fourth-order valence-corrected chi connectivity index (χ4v) is 4.44. The third-order valence-electron chi connectivity index (χ3n) is 3.06. The molecule has 0 unspecified atom stereocenters. The van der Waals surface area contributed by atoms with Crippen molar-refractivity contribution in [2.24, 2.45) is 0 Å². The van der Waals surface area contributed by atoms with E-state index < -0.39 is 10.0 Å². The monoisotopic (exact) mass is 340 g/mol. The second-order valence-corrected chi connectivity index (χ2v) is 7.91. The molecule has 3 aromatic rings. The Labute approximate surface area is 130 Å². The van der Waals surface area contributed by atoms with Crippen LogP contribution in [0.25, 0.3) is 11.0 Å². The summed E-state index contributed by atoms with van der Waals surface area (Å²) < 4.78 is 34.8. The highest BCUT2D eigenvalue weighted by molar-refractivity contribution is 7.89. The number of aromatic nitrogens is 3. The minimum Gasteiger partial charge on any atom is -0.250 e. The van der Waals surface area contributed by atoms with E-state index in [0.717, 1.165) is 16.7 Å². The molecule has 110 valence electrons. The van der Waals surface area contributed by atoms with Gasteiger partial charge in [0.05, 0.1) is 16.7 Å². The molecule has 0 N–H and O–H groups in total. The first-order chi connectivity index (χ1) is 10.1. The zero-order valence-electron chi connectivity index (χ0n) is 11.1. The minimum atomic E-state index is -3.57. The van der Waals surface area contributed by atoms with Crippen LogP contribution in [0.4, 0.5) is 0 Å². The molecule has 0 saturated carbocycles. The number of sulfonamides is 1. The topological polar surface area (TPSA) is 76.1 Å². The SMILES string of the molecule is CN(CCc1nccs1)S(=O)(=O)c1cccc2nsnc12. The Hall–Kier alpha value is -1.42. The second kappa shape index (κ2) is 5.76. The highest BCUT2D eigenvalue weighted by Crippen LogP contribution is 2.23. The highest BCUT2D eigenvalue weighted by Gasteiger charge is 2.24. The molecule has 0 saturated heterocycles. The molecule has 0 bridgehead atoms. The van der Waals surface area contributed by atoms with Gasteiger partial charge in [-0.3, -0.25) is 0 Å². The van der Waals surface area contributed by atoms with Crippen LogP contribution < -0.4 is 0 Å². The van der Waals surface area contributed by atoms with Crippen molar-refractivity contribution in [3.63, 3.8) is 0 Å². The molecular weight excluding hydrogens is 328 g/mol. The van der Waals surface area contributed by atoms with Gasteiger partial charge in [-0.25, -0.2) is 17.7 Å². The highest BCUT2D eigenvalue weighted by atomic mass is 32.2. The van der Waals surface area contributed by atoms with Crippen molar-refractivity contribution in [3.05, 3.63) is 34.8 Å². The van der Waals surface area contributed by atoms with Crippen molar-refractivity contribution in [1.82, 2.24) is 18.0 Å². The molecule has 6 nitrogen and oxygen atoms in total. The third-order valence-corrected chi connectivity index (χ3v) is 6.33. The predicted octanol–water partition coefficient (Wildman–Crippen LogP) is 2.01. The van der Waals surface area contributed by atoms with Gasteiger partial charge >= 0.3 is 0 Å². The largest absolute Gasteiger partial charge is 0.250 e. The van der Waals surface area contributed by atoms with E-state index in [9.17, 15) is 8.42 Å². The van der Waals surface area contributed by atoms with Gasteiger partial charge in [0.25, 0.3) is 0 Å². The fourth-order valence-electron chi connectivity index (χ4n) is 1.91. The quantitative estimate of drug-likeness (QED) is 0.710. The van der Waals surface area contributed by atoms with Gasteiger partial charge in [0.1, 0.15) is 15.9 Å². The number of thiazole rings is 1. The molecule has 0 aliphatic rings. The van der Waals surface area contributed by atoms with Crippen molar-refractivity contribution < 1.29 is 8.42 Å². The molecule has 1 aromatic carbocycles. The Morgan fingerprint density at radius 2 is 2.14 bits per heavy atom. The first-order valence-corrected chi connectivity index (χ1v) is 9.20. The van der Waals surface area contributed by atoms with E-state index in [-0.39, 0.29) is 4.90 Å². The molecular formula is C12H12N4O2S3. The number of likely N-dealkylation sites (N-methyl/N-ethyl adjacent to an activating group) is 1. The van der Waals surface area contributed by atoms with Gasteiger partial charge in [-0.15, -0.1) is 11.3 Å². The lowest BCUT2D eigenvalue weighted by Crippen LogP contribution is -2.29. The summed E-state index contributed by atoms with van der Waals surface area (Å²) >= 11 is 2.54. The molecule has 2 heterocycles. The Morgan fingerprint density at radius 1 is 1.29 bits per heavy atom. The Bertz CT molecular complexity index is 842. The first kappa shape index (κ1) is 14.5. The van der Waals surface area contributed by atoms with Crippen molar-refractivity contribution in [2.75, 3.05) is 13.6 Å². The summed E-state index contributed by atoms with van der Waals surface area (Å²) in [6, 6.07) is 5.01. The van der Waals surface area contributed by atoms with Gasteiger partial charge in [-0.2, -0.15) is 8.75 Å². The zero-order valence-corrected chi connectivity index (χ0v) is 13.6. The first-order valence-electron chi connectivity index (χ1n) is 6.15. The van der Waals surface area contributed by atoms with Crippen LogP contribution in [0, 0.1) is 0 Å². The molecule has 0 atom stereocenters. The van der Waals surface area contributed by atoms with E-state index in [4.69, 9.17) is 0 Å². The summed E-state index contributed by atoms with van der Waals surface area (Å²) in [7, 11) is -2.00. The molecule has 0 amide bonds. The normalized spacial score (nSPS) is 12.3. The molecule has 0 radical (unpaired) electrons. The lowest BCUT2D eigenvalue weighted by atomic mass is 10.3. The molecule has 0 aliphatic carbocycles. The van der Waals surface area contributed by atoms with Gasteiger partial charge in [0.15, 0.2) is 0 Å². The zero-order chi connectivity index (χ0) is 14.9. The van der Waals surface area contributed by atoms with Gasteiger partial charge in [-0.1, -0.05) is 6.07 Å². The lowest BCUT2D eigenvalue weighted by molar-refractivity contribution is 0.473. The third kappa shape index (κ3) is 2.82. The number of rotatable bonds is 5. The number of hydrogen-bond acceptors (Lipinski definition) is 7. The Morgan fingerprint density at radius 3 is 2.90 bits per heavy atom. The maximum atomic E-state index is 12.6. The van der Waals surface area contributed by atoms with Crippen LogP contribution in [-0.2, 0) is 16.4 Å². The standard InChI is InChI=1S/C12H12N4O2S3/c1-16(7-5-11-13-6-8-19-11)21(17,18)10-4-2-3-9-12(10)15-20-14-9/h2-4,6,8H,5,7H2,1H3. The Kier molecular flexibility index (Phi) is 3.98. The summed E-state index contributed by atoms with van der Waals surface area (Å²) in [5.41, 5.74) is 1.04. The van der Waals surface area contributed by atoms with Crippen LogP contribution in [0.15, 0.2) is 34.7 Å². The van der Waals surface area contributed by atoms with E-state index in [1.165, 1.54) is 15.6 Å². The second-order valence-electron chi connectivity index (χ2n) is 4.39. The molecule has 2 aromatic heterocycles. The van der Waals surface area contributed by atoms with Crippen molar-refractivity contribution >= 4 is 44.1 Å². The lowest BCUT2D eigenvalue weighted by Gasteiger charge is -2.16. The summed E-state index contributed by atoms with van der Waals surface area (Å²) in [6.07, 6.45) is 2.31. The molecule has 0 fully saturated rings. The number of benzene rings is 1. The van der Waals surface area contributed by atoms with Crippen LogP contribution in [0.5, 0.6) is 0 Å². The molecule has 0 aliphatic heterocycles. The van der Waals surface area contributed by atoms with Crippen LogP contribution in [-0.4, -0.2) is 40.0 Å². The van der Waals surface area contributed by atoms with Crippen LogP contribution >= 0.6 is 23.1 Å². The molecule has 21 heavy (non-hydrogen) atoms. The van der Waals surface area contributed by atoms with E-state index in [2.05, 4.69) is 13.7 Å². The van der Waals surface area contributed by atoms with Crippen molar-refractivity contribution in [1.29, 1.82) is 0 Å². The minimum absolute atomic E-state index is 0.204. The maximum Gasteiger partial charge on any atom is 0.245 e. The molecule has 9 heteroatoms. The molecule has 3 rings (SSSR count). The molecule has 0 spiro atoms. The van der Waals surface area contributed by atoms with Gasteiger partial charge < -0.3 is 0 Å². The smallest absolute Gasteiger partial charge is 0.245 e. The summed E-state index contributed by atoms with van der Waals surface area (Å²) in [5, 5.41) is 2.80. The van der Waals surface area contributed by atoms with E-state index in [0.29, 0.717) is 24.0 Å². The Balaban J connectivity index is 1.87. The maximum absolute atomic E-state index is 12.6. The van der Waals surface area contributed by atoms with Gasteiger partial charge in [0, 0.05) is 31.6 Å². The number of hydrogen-bond donors (Lipinski definition) is 0. The number of fused-ring (bicyclic) bond motifs is 1. The summed E-state index contributed by atoms with van der Waals surface area (Å²) in [4.78, 5) is 4.37. The van der Waals surface area contributed by atoms with Crippen LogP contribution in [0.1, 0.15) is 5.01 Å². The van der Waals surface area contributed by atoms with Crippen molar-refractivity contribution in [3.8, 4) is 0 Å². The van der Waals surface area contributed by atoms with Crippen LogP contribution in [0.2, 0.25) is 0 Å². The average Bonchev–Trinajstić information content (AvgIpc) is 3.14. The van der Waals surface area contributed by atoms with Gasteiger partial charge in [0.2, 0.25) is 10.0 Å². The average molecular weight is 340 g/mol. The fraction of sp³-hybridized carbons (Fsp3) is 0.250.